The van der Waals surface area contributed by atoms with Gasteiger partial charge >= 0.3 is 0 Å². The lowest BCUT2D eigenvalue weighted by molar-refractivity contribution is 0.0692. The molecule has 2 rings (SSSR count). The topological polar surface area (TPSA) is 49.8 Å². The van der Waals surface area contributed by atoms with Crippen molar-refractivity contribution in [3.63, 3.8) is 0 Å². The van der Waals surface area contributed by atoms with Gasteiger partial charge in [0.05, 0.1) is 12.7 Å². The molecule has 20 heavy (non-hydrogen) atoms. The molecular formula is C15H20ClNO3. The van der Waals surface area contributed by atoms with Crippen LogP contribution in [-0.2, 0) is 0 Å². The summed E-state index contributed by atoms with van der Waals surface area (Å²) in [5.74, 6) is 0.729. The van der Waals surface area contributed by atoms with Gasteiger partial charge in [-0.1, -0.05) is 12.8 Å². The van der Waals surface area contributed by atoms with Crippen molar-refractivity contribution in [3.05, 3.63) is 23.8 Å². The first-order valence-electron chi connectivity index (χ1n) is 6.91. The first-order valence-corrected chi connectivity index (χ1v) is 7.44. The Hall–Kier alpha value is -1.42. The molecule has 0 atom stereocenters. The molecule has 0 aromatic heterocycles. The molecule has 0 aliphatic heterocycles. The van der Waals surface area contributed by atoms with Crippen LogP contribution in [0.2, 0.25) is 0 Å². The molecule has 1 aromatic carbocycles. The summed E-state index contributed by atoms with van der Waals surface area (Å²) in [7, 11) is 1.52. The molecule has 0 bridgehead atoms. The van der Waals surface area contributed by atoms with Crippen molar-refractivity contribution < 1.29 is 14.6 Å². The van der Waals surface area contributed by atoms with Crippen LogP contribution in [0, 0.1) is 0 Å². The van der Waals surface area contributed by atoms with Crippen LogP contribution in [0.1, 0.15) is 36.0 Å². The third-order valence-corrected chi connectivity index (χ3v) is 3.96. The van der Waals surface area contributed by atoms with E-state index in [4.69, 9.17) is 16.3 Å². The minimum atomic E-state index is -0.155. The number of carbonyl (C=O) groups excluding carboxylic acids is 1. The van der Waals surface area contributed by atoms with Gasteiger partial charge in [-0.05, 0) is 25.0 Å². The van der Waals surface area contributed by atoms with Gasteiger partial charge in [-0.15, -0.1) is 11.6 Å². The van der Waals surface area contributed by atoms with Crippen LogP contribution in [-0.4, -0.2) is 41.5 Å². The summed E-state index contributed by atoms with van der Waals surface area (Å²) in [5, 5.41) is 9.99. The monoisotopic (exact) mass is 297 g/mol. The summed E-state index contributed by atoms with van der Waals surface area (Å²) < 4.78 is 5.03. The van der Waals surface area contributed by atoms with Gasteiger partial charge in [0.1, 0.15) is 11.5 Å². The van der Waals surface area contributed by atoms with Crippen molar-refractivity contribution >= 4 is 17.5 Å². The van der Waals surface area contributed by atoms with Crippen LogP contribution >= 0.6 is 11.6 Å². The fourth-order valence-corrected chi connectivity index (χ4v) is 2.91. The quantitative estimate of drug-likeness (QED) is 0.850. The normalized spacial score (nSPS) is 15.3. The van der Waals surface area contributed by atoms with Crippen LogP contribution < -0.4 is 4.74 Å². The van der Waals surface area contributed by atoms with E-state index in [-0.39, 0.29) is 17.7 Å². The maximum absolute atomic E-state index is 12.6. The summed E-state index contributed by atoms with van der Waals surface area (Å²) in [6.45, 7) is 0.510. The lowest BCUT2D eigenvalue weighted by Crippen LogP contribution is -2.40. The average molecular weight is 298 g/mol. The van der Waals surface area contributed by atoms with Crippen LogP contribution in [0.15, 0.2) is 18.2 Å². The number of carbonyl (C=O) groups is 1. The Morgan fingerprint density at radius 2 is 2.15 bits per heavy atom. The molecule has 110 valence electrons. The number of methoxy groups -OCH3 is 1. The van der Waals surface area contributed by atoms with Crippen molar-refractivity contribution in [2.24, 2.45) is 0 Å². The molecule has 1 amide bonds. The summed E-state index contributed by atoms with van der Waals surface area (Å²) in [6.07, 6.45) is 4.32. The second kappa shape index (κ2) is 6.84. The number of alkyl halides is 1. The van der Waals surface area contributed by atoms with Crippen molar-refractivity contribution in [2.45, 2.75) is 31.7 Å². The zero-order chi connectivity index (χ0) is 14.5. The third kappa shape index (κ3) is 3.18. The van der Waals surface area contributed by atoms with E-state index in [2.05, 4.69) is 0 Å². The minimum Gasteiger partial charge on any atom is -0.507 e. The van der Waals surface area contributed by atoms with Crippen molar-refractivity contribution in [1.29, 1.82) is 0 Å². The number of hydrogen-bond acceptors (Lipinski definition) is 3. The van der Waals surface area contributed by atoms with Gasteiger partial charge in [0, 0.05) is 24.5 Å². The molecule has 1 aliphatic carbocycles. The molecule has 0 heterocycles. The van der Waals surface area contributed by atoms with E-state index in [9.17, 15) is 9.90 Å². The highest BCUT2D eigenvalue weighted by atomic mass is 35.5. The number of benzene rings is 1. The summed E-state index contributed by atoms with van der Waals surface area (Å²) in [5.41, 5.74) is 0.308. The molecular weight excluding hydrogens is 278 g/mol. The number of nitrogens with zero attached hydrogens (tertiary/aromatic N) is 1. The van der Waals surface area contributed by atoms with Crippen LogP contribution in [0.4, 0.5) is 0 Å². The Morgan fingerprint density at radius 3 is 2.70 bits per heavy atom. The average Bonchev–Trinajstić information content (AvgIpc) is 2.97. The molecule has 1 N–H and O–H groups in total. The fraction of sp³-hybridized carbons (Fsp3) is 0.533. The van der Waals surface area contributed by atoms with Crippen LogP contribution in [0.25, 0.3) is 0 Å². The highest BCUT2D eigenvalue weighted by molar-refractivity contribution is 6.18. The van der Waals surface area contributed by atoms with Gasteiger partial charge < -0.3 is 14.7 Å². The second-order valence-electron chi connectivity index (χ2n) is 5.01. The predicted octanol–water partition coefficient (Wildman–Crippen LogP) is 3.02. The first-order chi connectivity index (χ1) is 9.67. The molecule has 1 saturated carbocycles. The lowest BCUT2D eigenvalue weighted by Gasteiger charge is -2.28. The van der Waals surface area contributed by atoms with E-state index in [1.165, 1.54) is 13.2 Å². The first kappa shape index (κ1) is 15.0. The fourth-order valence-electron chi connectivity index (χ4n) is 2.73. The van der Waals surface area contributed by atoms with E-state index in [0.29, 0.717) is 23.7 Å². The zero-order valence-corrected chi connectivity index (χ0v) is 12.4. The number of halogens is 1. The molecule has 5 heteroatoms. The molecule has 0 spiro atoms. The van der Waals surface area contributed by atoms with E-state index in [1.807, 2.05) is 0 Å². The summed E-state index contributed by atoms with van der Waals surface area (Å²) in [6, 6.07) is 4.98. The van der Waals surface area contributed by atoms with Crippen molar-refractivity contribution in [3.8, 4) is 11.5 Å². The standard InChI is InChI=1S/C15H20ClNO3/c1-20-12-6-7-13(14(18)10-12)15(19)17(9-8-16)11-4-2-3-5-11/h6-7,10-11,18H,2-5,8-9H2,1H3. The minimum absolute atomic E-state index is 0.0491. The Kier molecular flexibility index (Phi) is 5.12. The van der Waals surface area contributed by atoms with E-state index < -0.39 is 0 Å². The molecule has 0 saturated heterocycles. The highest BCUT2D eigenvalue weighted by Crippen LogP contribution is 2.29. The lowest BCUT2D eigenvalue weighted by atomic mass is 10.1. The number of rotatable bonds is 5. The molecule has 1 aromatic rings. The summed E-state index contributed by atoms with van der Waals surface area (Å²) >= 11 is 5.82. The van der Waals surface area contributed by atoms with E-state index >= 15 is 0 Å². The molecule has 1 fully saturated rings. The Morgan fingerprint density at radius 1 is 1.45 bits per heavy atom. The predicted molar refractivity (Wildman–Crippen MR) is 78.7 cm³/mol. The Labute approximate surface area is 124 Å². The maximum Gasteiger partial charge on any atom is 0.257 e. The number of ether oxygens (including phenoxy) is 1. The number of phenols is 1. The second-order valence-corrected chi connectivity index (χ2v) is 5.39. The number of phenolic OH excluding ortho intramolecular Hbond substituents is 1. The van der Waals surface area contributed by atoms with Gasteiger partial charge in [0.2, 0.25) is 0 Å². The van der Waals surface area contributed by atoms with Gasteiger partial charge in [0.25, 0.3) is 5.91 Å². The molecule has 0 unspecified atom stereocenters. The SMILES string of the molecule is COc1ccc(C(=O)N(CCCl)C2CCCC2)c(O)c1. The van der Waals surface area contributed by atoms with Gasteiger partial charge in [-0.25, -0.2) is 0 Å². The van der Waals surface area contributed by atoms with Crippen molar-refractivity contribution in [1.82, 2.24) is 4.90 Å². The zero-order valence-electron chi connectivity index (χ0n) is 11.6. The van der Waals surface area contributed by atoms with E-state index in [1.54, 1.807) is 17.0 Å². The van der Waals surface area contributed by atoms with E-state index in [0.717, 1.165) is 25.7 Å². The highest BCUT2D eigenvalue weighted by Gasteiger charge is 2.28. The van der Waals surface area contributed by atoms with Crippen molar-refractivity contribution in [2.75, 3.05) is 19.5 Å². The third-order valence-electron chi connectivity index (χ3n) is 3.79. The Balaban J connectivity index is 2.22. The van der Waals surface area contributed by atoms with Gasteiger partial charge in [0.15, 0.2) is 0 Å². The Bertz CT molecular complexity index is 472. The number of amides is 1. The maximum atomic E-state index is 12.6. The van der Waals surface area contributed by atoms with Crippen LogP contribution in [0.3, 0.4) is 0 Å². The largest absolute Gasteiger partial charge is 0.507 e. The van der Waals surface area contributed by atoms with Gasteiger partial charge in [-0.2, -0.15) is 0 Å². The van der Waals surface area contributed by atoms with Crippen LogP contribution in [0.5, 0.6) is 11.5 Å². The van der Waals surface area contributed by atoms with Gasteiger partial charge in [-0.3, -0.25) is 4.79 Å². The molecule has 0 radical (unpaired) electrons. The summed E-state index contributed by atoms with van der Waals surface area (Å²) in [4.78, 5) is 14.4. The number of aromatic hydroxyl groups is 1. The smallest absolute Gasteiger partial charge is 0.257 e. The molecule has 1 aliphatic rings. The number of hydrogen-bond donors (Lipinski definition) is 1. The molecule has 4 nitrogen and oxygen atoms in total.